The van der Waals surface area contributed by atoms with Crippen LogP contribution < -0.4 is 10.1 Å². The van der Waals surface area contributed by atoms with Crippen molar-refractivity contribution in [3.63, 3.8) is 0 Å². The topological polar surface area (TPSA) is 60.5 Å². The lowest BCUT2D eigenvalue weighted by atomic mass is 10.1. The first-order valence-corrected chi connectivity index (χ1v) is 11.2. The van der Waals surface area contributed by atoms with Gasteiger partial charge in [-0.1, -0.05) is 25.1 Å². The minimum Gasteiger partial charge on any atom is -0.456 e. The summed E-state index contributed by atoms with van der Waals surface area (Å²) in [5, 5.41) is 2.93. The predicted molar refractivity (Wildman–Crippen MR) is 127 cm³/mol. The number of rotatable bonds is 9. The number of ether oxygens (including phenoxy) is 2. The Balaban J connectivity index is 1.66. The molecule has 0 bridgehead atoms. The van der Waals surface area contributed by atoms with E-state index in [1.807, 2.05) is 68.4 Å². The summed E-state index contributed by atoms with van der Waals surface area (Å²) < 4.78 is 12.5. The molecule has 31 heavy (non-hydrogen) atoms. The van der Waals surface area contributed by atoms with Crippen molar-refractivity contribution < 1.29 is 14.3 Å². The number of pyridine rings is 1. The molecule has 0 radical (unpaired) electrons. The monoisotopic (exact) mass is 482 g/mol. The molecular weight excluding hydrogens is 456 g/mol. The Morgan fingerprint density at radius 2 is 1.94 bits per heavy atom. The quantitative estimate of drug-likeness (QED) is 0.375. The number of hydrogen-bond acceptors (Lipinski definition) is 4. The van der Waals surface area contributed by atoms with Crippen molar-refractivity contribution in [2.75, 3.05) is 11.9 Å². The van der Waals surface area contributed by atoms with Crippen molar-refractivity contribution >= 4 is 27.5 Å². The zero-order valence-corrected chi connectivity index (χ0v) is 19.6. The fraction of sp³-hybridized carbons (Fsp3) is 0.280. The van der Waals surface area contributed by atoms with Gasteiger partial charge in [-0.15, -0.1) is 0 Å². The molecule has 1 atom stereocenters. The average molecular weight is 483 g/mol. The van der Waals surface area contributed by atoms with Crippen molar-refractivity contribution in [2.24, 2.45) is 0 Å². The molecule has 0 spiro atoms. The van der Waals surface area contributed by atoms with Gasteiger partial charge in [0.05, 0.1) is 21.8 Å². The molecule has 0 saturated carbocycles. The number of para-hydroxylation sites is 1. The summed E-state index contributed by atoms with van der Waals surface area (Å²) in [4.78, 5) is 17.4. The second-order valence-corrected chi connectivity index (χ2v) is 8.19. The Morgan fingerprint density at radius 3 is 2.68 bits per heavy atom. The maximum Gasteiger partial charge on any atom is 0.257 e. The van der Waals surface area contributed by atoms with E-state index in [1.54, 1.807) is 6.07 Å². The van der Waals surface area contributed by atoms with Crippen LogP contribution in [0.3, 0.4) is 0 Å². The Bertz CT molecular complexity index is 1040. The molecule has 3 rings (SSSR count). The lowest BCUT2D eigenvalue weighted by Gasteiger charge is -2.14. The normalized spacial score (nSPS) is 11.7. The Labute approximate surface area is 191 Å². The van der Waals surface area contributed by atoms with Crippen molar-refractivity contribution in [3.05, 3.63) is 82.1 Å². The summed E-state index contributed by atoms with van der Waals surface area (Å²) in [6.45, 7) is 6.72. The first-order valence-electron chi connectivity index (χ1n) is 10.4. The SMILES string of the molecule is CCCOC(C)Cc1ccc(C(=O)Nc2cccc(Oc3ccccc3Br)c2)c(C)n1. The van der Waals surface area contributed by atoms with E-state index in [9.17, 15) is 4.79 Å². The van der Waals surface area contributed by atoms with Gasteiger partial charge in [0, 0.05) is 30.5 Å². The molecule has 0 aliphatic carbocycles. The average Bonchev–Trinajstić information content (AvgIpc) is 2.74. The second-order valence-electron chi connectivity index (χ2n) is 7.34. The van der Waals surface area contributed by atoms with Crippen molar-refractivity contribution in [1.29, 1.82) is 0 Å². The molecule has 1 unspecified atom stereocenters. The molecule has 3 aromatic rings. The van der Waals surface area contributed by atoms with Gasteiger partial charge in [-0.05, 0) is 72.6 Å². The van der Waals surface area contributed by atoms with Crippen LogP contribution in [0.4, 0.5) is 5.69 Å². The fourth-order valence-electron chi connectivity index (χ4n) is 3.13. The van der Waals surface area contributed by atoms with Gasteiger partial charge in [-0.2, -0.15) is 0 Å². The van der Waals surface area contributed by atoms with E-state index in [0.717, 1.165) is 29.6 Å². The number of benzene rings is 2. The number of anilines is 1. The van der Waals surface area contributed by atoms with E-state index < -0.39 is 0 Å². The summed E-state index contributed by atoms with van der Waals surface area (Å²) in [6.07, 6.45) is 1.81. The zero-order valence-electron chi connectivity index (χ0n) is 18.0. The standard InChI is InChI=1S/C25H27BrN2O3/c1-4-14-30-17(2)15-20-12-13-22(18(3)27-20)25(29)28-19-8-7-9-21(16-19)31-24-11-6-5-10-23(24)26/h5-13,16-17H,4,14-15H2,1-3H3,(H,28,29). The van der Waals surface area contributed by atoms with Crippen LogP contribution in [0, 0.1) is 6.92 Å². The van der Waals surface area contributed by atoms with Crippen LogP contribution >= 0.6 is 15.9 Å². The largest absolute Gasteiger partial charge is 0.456 e. The van der Waals surface area contributed by atoms with Gasteiger partial charge < -0.3 is 14.8 Å². The van der Waals surface area contributed by atoms with E-state index in [-0.39, 0.29) is 12.0 Å². The predicted octanol–water partition coefficient (Wildman–Crippen LogP) is 6.55. The third-order valence-electron chi connectivity index (χ3n) is 4.65. The van der Waals surface area contributed by atoms with Crippen LogP contribution in [0.2, 0.25) is 0 Å². The minimum atomic E-state index is -0.204. The van der Waals surface area contributed by atoms with E-state index in [1.165, 1.54) is 0 Å². The molecular formula is C25H27BrN2O3. The number of aromatic nitrogens is 1. The van der Waals surface area contributed by atoms with Gasteiger partial charge in [0.1, 0.15) is 11.5 Å². The van der Waals surface area contributed by atoms with Gasteiger partial charge in [0.15, 0.2) is 0 Å². The maximum absolute atomic E-state index is 12.8. The first-order chi connectivity index (χ1) is 15.0. The summed E-state index contributed by atoms with van der Waals surface area (Å²) in [7, 11) is 0. The first kappa shape index (κ1) is 23.0. The highest BCUT2D eigenvalue weighted by Gasteiger charge is 2.13. The zero-order chi connectivity index (χ0) is 22.2. The van der Waals surface area contributed by atoms with Gasteiger partial charge >= 0.3 is 0 Å². The number of amides is 1. The molecule has 1 N–H and O–H groups in total. The highest BCUT2D eigenvalue weighted by molar-refractivity contribution is 9.10. The summed E-state index contributed by atoms with van der Waals surface area (Å²) >= 11 is 3.47. The van der Waals surface area contributed by atoms with Gasteiger partial charge in [0.2, 0.25) is 0 Å². The molecule has 1 aromatic heterocycles. The van der Waals surface area contributed by atoms with Crippen LogP contribution in [-0.4, -0.2) is 23.6 Å². The van der Waals surface area contributed by atoms with Gasteiger partial charge in [0.25, 0.3) is 5.91 Å². The number of hydrogen-bond donors (Lipinski definition) is 1. The molecule has 5 nitrogen and oxygen atoms in total. The van der Waals surface area contributed by atoms with Crippen LogP contribution in [0.15, 0.2) is 65.1 Å². The number of aryl methyl sites for hydroxylation is 1. The van der Waals surface area contributed by atoms with E-state index in [0.29, 0.717) is 28.4 Å². The lowest BCUT2D eigenvalue weighted by Crippen LogP contribution is -2.16. The summed E-state index contributed by atoms with van der Waals surface area (Å²) in [5.41, 5.74) is 2.81. The lowest BCUT2D eigenvalue weighted by molar-refractivity contribution is 0.0663. The Morgan fingerprint density at radius 1 is 1.13 bits per heavy atom. The molecule has 0 aliphatic heterocycles. The number of nitrogens with zero attached hydrogens (tertiary/aromatic N) is 1. The van der Waals surface area contributed by atoms with Crippen LogP contribution in [0.5, 0.6) is 11.5 Å². The number of carbonyl (C=O) groups is 1. The number of carbonyl (C=O) groups excluding carboxylic acids is 1. The Hall–Kier alpha value is -2.70. The van der Waals surface area contributed by atoms with Crippen LogP contribution in [-0.2, 0) is 11.2 Å². The van der Waals surface area contributed by atoms with Crippen LogP contribution in [0.1, 0.15) is 42.0 Å². The fourth-order valence-corrected chi connectivity index (χ4v) is 3.50. The molecule has 162 valence electrons. The molecule has 0 saturated heterocycles. The Kier molecular flexibility index (Phi) is 8.20. The smallest absolute Gasteiger partial charge is 0.257 e. The van der Waals surface area contributed by atoms with Gasteiger partial charge in [-0.25, -0.2) is 0 Å². The minimum absolute atomic E-state index is 0.0962. The highest BCUT2D eigenvalue weighted by atomic mass is 79.9. The molecule has 1 amide bonds. The highest BCUT2D eigenvalue weighted by Crippen LogP contribution is 2.30. The molecule has 0 fully saturated rings. The second kappa shape index (κ2) is 11.1. The number of nitrogens with one attached hydrogen (secondary N) is 1. The molecule has 0 aliphatic rings. The van der Waals surface area contributed by atoms with Crippen molar-refractivity contribution in [1.82, 2.24) is 4.98 Å². The molecule has 1 heterocycles. The van der Waals surface area contributed by atoms with Crippen molar-refractivity contribution in [3.8, 4) is 11.5 Å². The van der Waals surface area contributed by atoms with Crippen molar-refractivity contribution in [2.45, 2.75) is 39.7 Å². The van der Waals surface area contributed by atoms with E-state index in [2.05, 4.69) is 33.2 Å². The van der Waals surface area contributed by atoms with Gasteiger partial charge in [-0.3, -0.25) is 9.78 Å². The number of halogens is 1. The maximum atomic E-state index is 12.8. The third kappa shape index (κ3) is 6.64. The summed E-state index contributed by atoms with van der Waals surface area (Å²) in [6, 6.07) is 18.6. The summed E-state index contributed by atoms with van der Waals surface area (Å²) in [5.74, 6) is 1.14. The van der Waals surface area contributed by atoms with E-state index in [4.69, 9.17) is 9.47 Å². The molecule has 2 aromatic carbocycles. The third-order valence-corrected chi connectivity index (χ3v) is 5.30. The van der Waals surface area contributed by atoms with Crippen LogP contribution in [0.25, 0.3) is 0 Å². The van der Waals surface area contributed by atoms with E-state index >= 15 is 0 Å². The molecule has 6 heteroatoms.